The first-order valence-electron chi connectivity index (χ1n) is 13.1. The largest absolute Gasteiger partial charge is 0.491 e. The molecule has 5 N–H and O–H groups in total. The van der Waals surface area contributed by atoms with Crippen LogP contribution in [0, 0.1) is 0 Å². The number of aliphatic hydroxyl groups is 1. The number of allylic oxidation sites excluding steroid dienone is 1. The summed E-state index contributed by atoms with van der Waals surface area (Å²) in [4.78, 5) is 25.3. The third-order valence-corrected chi connectivity index (χ3v) is 6.19. The van der Waals surface area contributed by atoms with E-state index in [9.17, 15) is 9.59 Å². The number of nitrogens with one attached hydrogen (secondary N) is 2. The zero-order chi connectivity index (χ0) is 28.2. The monoisotopic (exact) mass is 539 g/mol. The van der Waals surface area contributed by atoms with Crippen molar-refractivity contribution in [2.75, 3.05) is 29.6 Å². The summed E-state index contributed by atoms with van der Waals surface area (Å²) in [5, 5.41) is 16.7. The molecule has 40 heavy (non-hydrogen) atoms. The van der Waals surface area contributed by atoms with Gasteiger partial charge in [-0.05, 0) is 66.6 Å². The van der Waals surface area contributed by atoms with E-state index in [0.29, 0.717) is 42.1 Å². The highest BCUT2D eigenvalue weighted by Gasteiger charge is 2.18. The minimum atomic E-state index is -0.571. The maximum atomic E-state index is 13.0. The Morgan fingerprint density at radius 2 is 1.65 bits per heavy atom. The number of fused-ring (bicyclic) bond motifs is 1. The average molecular weight is 540 g/mol. The predicted molar refractivity (Wildman–Crippen MR) is 158 cm³/mol. The summed E-state index contributed by atoms with van der Waals surface area (Å²) in [7, 11) is 0. The maximum absolute atomic E-state index is 13.0. The highest BCUT2D eigenvalue weighted by atomic mass is 16.6. The van der Waals surface area contributed by atoms with Gasteiger partial charge in [-0.3, -0.25) is 10.1 Å². The van der Waals surface area contributed by atoms with Crippen LogP contribution in [0.15, 0.2) is 103 Å². The van der Waals surface area contributed by atoms with Crippen LogP contribution in [-0.2, 0) is 9.53 Å². The highest BCUT2D eigenvalue weighted by molar-refractivity contribution is 6.01. The topological polar surface area (TPSA) is 123 Å². The molecule has 0 spiro atoms. The fraction of sp³-hybridized carbons (Fsp3) is 0.188. The number of anilines is 3. The van der Waals surface area contributed by atoms with E-state index >= 15 is 0 Å². The molecule has 2 amide bonds. The zero-order valence-electron chi connectivity index (χ0n) is 22.1. The molecule has 0 aliphatic rings. The molecule has 4 rings (SSSR count). The van der Waals surface area contributed by atoms with Crippen LogP contribution in [0.2, 0.25) is 0 Å². The smallest absolute Gasteiger partial charge is 0.412 e. The summed E-state index contributed by atoms with van der Waals surface area (Å²) in [5.41, 5.74) is 8.37. The number of ether oxygens (including phenoxy) is 2. The fourth-order valence-electron chi connectivity index (χ4n) is 4.26. The minimum Gasteiger partial charge on any atom is -0.491 e. The van der Waals surface area contributed by atoms with E-state index in [2.05, 4.69) is 10.6 Å². The standard InChI is InChI=1S/C32H33N3O5/c33-27-15-6-7-16-29(27)34-31(37)19-3-1-2-18-30(24-12-8-13-25(22-24)39-21-20-36)40-32(38)35-28-17-9-11-23-10-4-5-14-26(23)28/h3-17,19,22,30,36H,1-2,18,20-21,33H2,(H,34,37)(H,35,38)/b19-3+/t30-/m0/s1. The van der Waals surface area contributed by atoms with Crippen LogP contribution < -0.4 is 21.1 Å². The van der Waals surface area contributed by atoms with Crippen LogP contribution in [0.1, 0.15) is 30.9 Å². The van der Waals surface area contributed by atoms with Crippen LogP contribution >= 0.6 is 0 Å². The van der Waals surface area contributed by atoms with Gasteiger partial charge in [-0.1, -0.05) is 66.7 Å². The molecule has 0 saturated heterocycles. The molecule has 0 aliphatic heterocycles. The molecule has 0 heterocycles. The Morgan fingerprint density at radius 1 is 0.900 bits per heavy atom. The second-order valence-corrected chi connectivity index (χ2v) is 9.10. The van der Waals surface area contributed by atoms with Crippen molar-refractivity contribution < 1.29 is 24.2 Å². The van der Waals surface area contributed by atoms with Crippen molar-refractivity contribution >= 4 is 39.8 Å². The number of nitrogen functional groups attached to an aromatic ring is 1. The predicted octanol–water partition coefficient (Wildman–Crippen LogP) is 6.45. The first-order chi connectivity index (χ1) is 19.5. The maximum Gasteiger partial charge on any atom is 0.412 e. The number of unbranched alkanes of at least 4 members (excludes halogenated alkanes) is 1. The van der Waals surface area contributed by atoms with Crippen LogP contribution in [0.25, 0.3) is 10.8 Å². The molecule has 0 aromatic heterocycles. The number of amides is 2. The minimum absolute atomic E-state index is 0.103. The molecular formula is C32H33N3O5. The van der Waals surface area contributed by atoms with Crippen molar-refractivity contribution in [2.24, 2.45) is 0 Å². The summed E-state index contributed by atoms with van der Waals surface area (Å²) in [6, 6.07) is 27.8. The first kappa shape index (κ1) is 28.2. The Kier molecular flexibility index (Phi) is 10.1. The average Bonchev–Trinajstić information content (AvgIpc) is 2.97. The van der Waals surface area contributed by atoms with Gasteiger partial charge >= 0.3 is 6.09 Å². The van der Waals surface area contributed by atoms with E-state index in [-0.39, 0.29) is 19.1 Å². The lowest BCUT2D eigenvalue weighted by molar-refractivity contribution is -0.111. The van der Waals surface area contributed by atoms with Gasteiger partial charge in [0, 0.05) is 5.39 Å². The lowest BCUT2D eigenvalue weighted by atomic mass is 10.0. The van der Waals surface area contributed by atoms with Crippen LogP contribution in [-0.4, -0.2) is 30.3 Å². The number of para-hydroxylation sites is 2. The van der Waals surface area contributed by atoms with Crippen molar-refractivity contribution in [1.82, 2.24) is 0 Å². The van der Waals surface area contributed by atoms with Gasteiger partial charge in [0.05, 0.1) is 23.7 Å². The molecule has 1 atom stereocenters. The summed E-state index contributed by atoms with van der Waals surface area (Å²) in [6.07, 6.45) is 3.90. The van der Waals surface area contributed by atoms with Crippen molar-refractivity contribution in [1.29, 1.82) is 0 Å². The van der Waals surface area contributed by atoms with Gasteiger partial charge in [0.2, 0.25) is 5.91 Å². The number of hydrogen-bond donors (Lipinski definition) is 4. The third kappa shape index (κ3) is 8.09. The number of hydrogen-bond acceptors (Lipinski definition) is 6. The van der Waals surface area contributed by atoms with E-state index in [0.717, 1.165) is 16.3 Å². The number of carbonyl (C=O) groups excluding carboxylic acids is 2. The van der Waals surface area contributed by atoms with E-state index in [1.54, 1.807) is 42.5 Å². The molecule has 4 aromatic rings. The van der Waals surface area contributed by atoms with Gasteiger partial charge in [0.1, 0.15) is 18.5 Å². The molecular weight excluding hydrogens is 506 g/mol. The normalized spacial score (nSPS) is 11.7. The summed E-state index contributed by atoms with van der Waals surface area (Å²) >= 11 is 0. The molecule has 0 fully saturated rings. The Hall–Kier alpha value is -4.82. The second kappa shape index (κ2) is 14.4. The second-order valence-electron chi connectivity index (χ2n) is 9.10. The fourth-order valence-corrected chi connectivity index (χ4v) is 4.26. The molecule has 0 aliphatic carbocycles. The number of nitrogens with two attached hydrogens (primary N) is 1. The summed E-state index contributed by atoms with van der Waals surface area (Å²) in [6.45, 7) is 0.0619. The Morgan fingerprint density at radius 3 is 2.50 bits per heavy atom. The van der Waals surface area contributed by atoms with Crippen molar-refractivity contribution in [3.63, 3.8) is 0 Å². The van der Waals surface area contributed by atoms with Gasteiger partial charge in [-0.15, -0.1) is 0 Å². The number of carbonyl (C=O) groups is 2. The van der Waals surface area contributed by atoms with Crippen LogP contribution in [0.4, 0.5) is 21.9 Å². The van der Waals surface area contributed by atoms with Gasteiger partial charge in [0.15, 0.2) is 0 Å². The molecule has 8 heteroatoms. The number of benzene rings is 4. The van der Waals surface area contributed by atoms with E-state index in [4.69, 9.17) is 20.3 Å². The zero-order valence-corrected chi connectivity index (χ0v) is 22.1. The van der Waals surface area contributed by atoms with Gasteiger partial charge in [-0.2, -0.15) is 0 Å². The molecule has 4 aromatic carbocycles. The molecule has 0 bridgehead atoms. The Balaban J connectivity index is 1.40. The molecule has 206 valence electrons. The van der Waals surface area contributed by atoms with E-state index in [1.165, 1.54) is 6.08 Å². The third-order valence-electron chi connectivity index (χ3n) is 6.19. The molecule has 8 nitrogen and oxygen atoms in total. The van der Waals surface area contributed by atoms with Gasteiger partial charge in [-0.25, -0.2) is 4.79 Å². The van der Waals surface area contributed by atoms with Crippen molar-refractivity contribution in [3.05, 3.63) is 109 Å². The SMILES string of the molecule is Nc1ccccc1NC(=O)/C=C/CCC[C@H](OC(=O)Nc1cccc2ccccc12)c1cccc(OCCO)c1. The van der Waals surface area contributed by atoms with E-state index in [1.807, 2.05) is 54.6 Å². The quantitative estimate of drug-likeness (QED) is 0.0932. The van der Waals surface area contributed by atoms with E-state index < -0.39 is 12.2 Å². The highest BCUT2D eigenvalue weighted by Crippen LogP contribution is 2.29. The summed E-state index contributed by atoms with van der Waals surface area (Å²) in [5.74, 6) is 0.306. The lowest BCUT2D eigenvalue weighted by Crippen LogP contribution is -2.18. The van der Waals surface area contributed by atoms with Crippen LogP contribution in [0.5, 0.6) is 5.75 Å². The molecule has 0 unspecified atom stereocenters. The first-order valence-corrected chi connectivity index (χ1v) is 13.1. The van der Waals surface area contributed by atoms with Crippen molar-refractivity contribution in [2.45, 2.75) is 25.4 Å². The Labute approximate surface area is 233 Å². The Bertz CT molecular complexity index is 1460. The number of aliphatic hydroxyl groups excluding tert-OH is 1. The summed E-state index contributed by atoms with van der Waals surface area (Å²) < 4.78 is 11.4. The van der Waals surface area contributed by atoms with Crippen molar-refractivity contribution in [3.8, 4) is 5.75 Å². The molecule has 0 radical (unpaired) electrons. The molecule has 0 saturated carbocycles. The van der Waals surface area contributed by atoms with Gasteiger partial charge in [0.25, 0.3) is 0 Å². The number of rotatable bonds is 12. The lowest BCUT2D eigenvalue weighted by Gasteiger charge is -2.20. The van der Waals surface area contributed by atoms with Crippen LogP contribution in [0.3, 0.4) is 0 Å². The van der Waals surface area contributed by atoms with Gasteiger partial charge < -0.3 is 25.6 Å².